The van der Waals surface area contributed by atoms with Gasteiger partial charge >= 0.3 is 5.97 Å². The van der Waals surface area contributed by atoms with Crippen LogP contribution in [0.2, 0.25) is 5.02 Å². The summed E-state index contributed by atoms with van der Waals surface area (Å²) >= 11 is 5.70. The predicted octanol–water partition coefficient (Wildman–Crippen LogP) is 2.06. The van der Waals surface area contributed by atoms with E-state index >= 15 is 0 Å². The zero-order chi connectivity index (χ0) is 11.4. The fourth-order valence-electron chi connectivity index (χ4n) is 0.927. The number of nitrogens with zero attached hydrogens (tertiary/aromatic N) is 1. The number of hydrogen-bond acceptors (Lipinski definition) is 3. The molecule has 15 heavy (non-hydrogen) atoms. The second kappa shape index (κ2) is 4.67. The smallest absolute Gasteiger partial charge is 0.344 e. The van der Waals surface area contributed by atoms with E-state index < -0.39 is 12.1 Å². The third-order valence-electron chi connectivity index (χ3n) is 1.72. The highest BCUT2D eigenvalue weighted by atomic mass is 35.5. The number of halogens is 1. The molecule has 0 radical (unpaired) electrons. The minimum absolute atomic E-state index is 0.180. The molecule has 0 fully saturated rings. The molecule has 1 aromatic rings. The van der Waals surface area contributed by atoms with Gasteiger partial charge in [-0.3, -0.25) is 0 Å². The third kappa shape index (κ3) is 2.86. The van der Waals surface area contributed by atoms with Crippen molar-refractivity contribution in [1.82, 2.24) is 0 Å². The van der Waals surface area contributed by atoms with Gasteiger partial charge in [0.15, 0.2) is 6.10 Å². The summed E-state index contributed by atoms with van der Waals surface area (Å²) in [7, 11) is 0. The van der Waals surface area contributed by atoms with E-state index in [4.69, 9.17) is 26.7 Å². The summed E-state index contributed by atoms with van der Waals surface area (Å²) in [5.74, 6) is -0.918. The second-order valence-electron chi connectivity index (χ2n) is 2.85. The van der Waals surface area contributed by atoms with Gasteiger partial charge in [0.05, 0.1) is 5.56 Å². The topological polar surface area (TPSA) is 70.3 Å². The average Bonchev–Trinajstić information content (AvgIpc) is 2.18. The molecule has 0 saturated heterocycles. The lowest BCUT2D eigenvalue weighted by Crippen LogP contribution is -2.23. The van der Waals surface area contributed by atoms with Crippen molar-refractivity contribution < 1.29 is 14.6 Å². The Labute approximate surface area is 91.7 Å². The van der Waals surface area contributed by atoms with Gasteiger partial charge in [-0.25, -0.2) is 4.79 Å². The molecule has 1 rings (SSSR count). The van der Waals surface area contributed by atoms with E-state index in [-0.39, 0.29) is 11.3 Å². The Morgan fingerprint density at radius 1 is 1.67 bits per heavy atom. The molecule has 1 aromatic carbocycles. The molecular formula is C10H8ClNO3. The molecule has 1 N–H and O–H groups in total. The van der Waals surface area contributed by atoms with Crippen LogP contribution >= 0.6 is 11.6 Å². The predicted molar refractivity (Wildman–Crippen MR) is 53.9 cm³/mol. The van der Waals surface area contributed by atoms with Crippen molar-refractivity contribution in [1.29, 1.82) is 5.26 Å². The molecule has 0 aliphatic carbocycles. The lowest BCUT2D eigenvalue weighted by atomic mass is 10.2. The summed E-state index contributed by atoms with van der Waals surface area (Å²) in [5.41, 5.74) is 0.257. The van der Waals surface area contributed by atoms with E-state index in [0.717, 1.165) is 0 Å². The SMILES string of the molecule is C[C@@H](Oc1cc(Cl)ccc1C#N)C(=O)O. The molecule has 0 aliphatic rings. The number of nitriles is 1. The molecule has 0 spiro atoms. The van der Waals surface area contributed by atoms with Crippen molar-refractivity contribution in [2.75, 3.05) is 0 Å². The molecule has 4 nitrogen and oxygen atoms in total. The number of carboxylic acid groups (broad SMARTS) is 1. The van der Waals surface area contributed by atoms with Crippen LogP contribution in [0.25, 0.3) is 0 Å². The van der Waals surface area contributed by atoms with Gasteiger partial charge < -0.3 is 9.84 Å². The number of aliphatic carboxylic acids is 1. The Kier molecular flexibility index (Phi) is 3.53. The standard InChI is InChI=1S/C10H8ClNO3/c1-6(10(13)14)15-9-4-8(11)3-2-7(9)5-12/h2-4,6H,1H3,(H,13,14)/t6-/m1/s1. The first-order valence-electron chi connectivity index (χ1n) is 4.13. The van der Waals surface area contributed by atoms with Crippen LogP contribution in [0.5, 0.6) is 5.75 Å². The summed E-state index contributed by atoms with van der Waals surface area (Å²) < 4.78 is 5.07. The van der Waals surface area contributed by atoms with Gasteiger partial charge in [-0.1, -0.05) is 11.6 Å². The van der Waals surface area contributed by atoms with Gasteiger partial charge in [0, 0.05) is 11.1 Å². The largest absolute Gasteiger partial charge is 0.479 e. The molecule has 0 amide bonds. The minimum Gasteiger partial charge on any atom is -0.479 e. The number of benzene rings is 1. The molecule has 0 heterocycles. The number of carbonyl (C=O) groups is 1. The van der Waals surface area contributed by atoms with Gasteiger partial charge in [0.1, 0.15) is 11.8 Å². The lowest BCUT2D eigenvalue weighted by molar-refractivity contribution is -0.144. The van der Waals surface area contributed by atoms with Crippen molar-refractivity contribution in [3.8, 4) is 11.8 Å². The van der Waals surface area contributed by atoms with Crippen LogP contribution in [0.15, 0.2) is 18.2 Å². The number of rotatable bonds is 3. The van der Waals surface area contributed by atoms with E-state index in [2.05, 4.69) is 0 Å². The van der Waals surface area contributed by atoms with Crippen molar-refractivity contribution in [3.05, 3.63) is 28.8 Å². The Hall–Kier alpha value is -1.73. The molecule has 1 atom stereocenters. The Balaban J connectivity index is 2.98. The summed E-state index contributed by atoms with van der Waals surface area (Å²) in [6, 6.07) is 6.33. The van der Waals surface area contributed by atoms with Crippen molar-refractivity contribution in [3.63, 3.8) is 0 Å². The summed E-state index contributed by atoms with van der Waals surface area (Å²) in [6.45, 7) is 1.38. The van der Waals surface area contributed by atoms with E-state index in [9.17, 15) is 4.79 Å². The molecular weight excluding hydrogens is 218 g/mol. The molecule has 0 unspecified atom stereocenters. The van der Waals surface area contributed by atoms with Crippen molar-refractivity contribution in [2.45, 2.75) is 13.0 Å². The van der Waals surface area contributed by atoms with Crippen LogP contribution in [0.3, 0.4) is 0 Å². The minimum atomic E-state index is -1.10. The van der Waals surface area contributed by atoms with Gasteiger partial charge in [-0.05, 0) is 19.1 Å². The van der Waals surface area contributed by atoms with Crippen LogP contribution in [0, 0.1) is 11.3 Å². The average molecular weight is 226 g/mol. The van der Waals surface area contributed by atoms with Crippen LogP contribution in [0.4, 0.5) is 0 Å². The highest BCUT2D eigenvalue weighted by molar-refractivity contribution is 6.30. The first-order chi connectivity index (χ1) is 7.04. The molecule has 5 heteroatoms. The number of ether oxygens (including phenoxy) is 1. The molecule has 0 saturated carbocycles. The fraction of sp³-hybridized carbons (Fsp3) is 0.200. The first-order valence-corrected chi connectivity index (χ1v) is 4.51. The zero-order valence-electron chi connectivity index (χ0n) is 7.90. The van der Waals surface area contributed by atoms with Crippen LogP contribution in [0.1, 0.15) is 12.5 Å². The zero-order valence-corrected chi connectivity index (χ0v) is 8.65. The monoisotopic (exact) mass is 225 g/mol. The van der Waals surface area contributed by atoms with Crippen LogP contribution in [-0.2, 0) is 4.79 Å². The van der Waals surface area contributed by atoms with E-state index in [0.29, 0.717) is 5.02 Å². The maximum absolute atomic E-state index is 10.5. The van der Waals surface area contributed by atoms with Gasteiger partial charge in [-0.15, -0.1) is 0 Å². The Morgan fingerprint density at radius 3 is 2.87 bits per heavy atom. The first kappa shape index (κ1) is 11.3. The van der Waals surface area contributed by atoms with Crippen molar-refractivity contribution >= 4 is 17.6 Å². The Morgan fingerprint density at radius 2 is 2.33 bits per heavy atom. The summed E-state index contributed by atoms with van der Waals surface area (Å²) in [6.07, 6.45) is -1.02. The fourth-order valence-corrected chi connectivity index (χ4v) is 1.09. The molecule has 0 bridgehead atoms. The van der Waals surface area contributed by atoms with Gasteiger partial charge in [-0.2, -0.15) is 5.26 Å². The van der Waals surface area contributed by atoms with Crippen molar-refractivity contribution in [2.24, 2.45) is 0 Å². The lowest BCUT2D eigenvalue weighted by Gasteiger charge is -2.11. The Bertz CT molecular complexity index is 425. The highest BCUT2D eigenvalue weighted by Gasteiger charge is 2.14. The number of hydrogen-bond donors (Lipinski definition) is 1. The van der Waals surface area contributed by atoms with Gasteiger partial charge in [0.25, 0.3) is 0 Å². The third-order valence-corrected chi connectivity index (χ3v) is 1.95. The maximum atomic E-state index is 10.5. The van der Waals surface area contributed by atoms with E-state index in [1.807, 2.05) is 6.07 Å². The molecule has 78 valence electrons. The number of carboxylic acids is 1. The molecule has 0 aliphatic heterocycles. The quantitative estimate of drug-likeness (QED) is 0.855. The second-order valence-corrected chi connectivity index (χ2v) is 3.29. The van der Waals surface area contributed by atoms with E-state index in [1.165, 1.54) is 19.1 Å². The highest BCUT2D eigenvalue weighted by Crippen LogP contribution is 2.23. The summed E-state index contributed by atoms with van der Waals surface area (Å²) in [5, 5.41) is 17.8. The van der Waals surface area contributed by atoms with E-state index in [1.54, 1.807) is 6.07 Å². The normalized spacial score (nSPS) is 11.5. The van der Waals surface area contributed by atoms with Gasteiger partial charge in [0.2, 0.25) is 0 Å². The molecule has 0 aromatic heterocycles. The maximum Gasteiger partial charge on any atom is 0.344 e. The van der Waals surface area contributed by atoms with Crippen LogP contribution < -0.4 is 4.74 Å². The van der Waals surface area contributed by atoms with Crippen LogP contribution in [-0.4, -0.2) is 17.2 Å². The summed E-state index contributed by atoms with van der Waals surface area (Å²) in [4.78, 5) is 10.5.